The molecule has 1 heterocycles. The summed E-state index contributed by atoms with van der Waals surface area (Å²) in [5.41, 5.74) is -0.314. The van der Waals surface area contributed by atoms with Gasteiger partial charge in [-0.2, -0.15) is 5.10 Å². The van der Waals surface area contributed by atoms with Crippen LogP contribution in [0.25, 0.3) is 0 Å². The Morgan fingerprint density at radius 3 is 2.83 bits per heavy atom. The quantitative estimate of drug-likeness (QED) is 0.663. The minimum Gasteiger partial charge on any atom is -0.297 e. The SMILES string of the molecule is CCC(=O)C1(n2cncn2)CC1. The zero-order valence-corrected chi connectivity index (χ0v) is 7.03. The van der Waals surface area contributed by atoms with Crippen molar-refractivity contribution >= 4 is 5.78 Å². The summed E-state index contributed by atoms with van der Waals surface area (Å²) >= 11 is 0. The topological polar surface area (TPSA) is 47.8 Å². The van der Waals surface area contributed by atoms with Crippen molar-refractivity contribution in [3.05, 3.63) is 12.7 Å². The number of carbonyl (C=O) groups is 1. The Bertz CT molecular complexity index is 287. The predicted octanol–water partition coefficient (Wildman–Crippen LogP) is 0.746. The van der Waals surface area contributed by atoms with E-state index in [2.05, 4.69) is 10.1 Å². The first-order valence-electron chi connectivity index (χ1n) is 4.18. The number of ketones is 1. The molecule has 12 heavy (non-hydrogen) atoms. The van der Waals surface area contributed by atoms with Crippen molar-refractivity contribution in [3.8, 4) is 0 Å². The maximum Gasteiger partial charge on any atom is 0.160 e. The first-order chi connectivity index (χ1) is 5.79. The van der Waals surface area contributed by atoms with Crippen LogP contribution >= 0.6 is 0 Å². The first kappa shape index (κ1) is 7.46. The van der Waals surface area contributed by atoms with Crippen LogP contribution in [-0.4, -0.2) is 20.5 Å². The highest BCUT2D eigenvalue weighted by atomic mass is 16.1. The van der Waals surface area contributed by atoms with Crippen LogP contribution in [0, 0.1) is 0 Å². The average Bonchev–Trinajstić information content (AvgIpc) is 2.73. The maximum absolute atomic E-state index is 11.5. The van der Waals surface area contributed by atoms with E-state index in [1.54, 1.807) is 11.0 Å². The van der Waals surface area contributed by atoms with E-state index in [0.29, 0.717) is 6.42 Å². The number of rotatable bonds is 3. The first-order valence-corrected chi connectivity index (χ1v) is 4.18. The zero-order chi connectivity index (χ0) is 8.60. The molecular formula is C8H11N3O. The Morgan fingerprint density at radius 2 is 2.42 bits per heavy atom. The van der Waals surface area contributed by atoms with Crippen LogP contribution in [0.4, 0.5) is 0 Å². The fourth-order valence-corrected chi connectivity index (χ4v) is 1.51. The highest BCUT2D eigenvalue weighted by Crippen LogP contribution is 2.44. The van der Waals surface area contributed by atoms with E-state index in [0.717, 1.165) is 12.8 Å². The predicted molar refractivity (Wildman–Crippen MR) is 42.5 cm³/mol. The van der Waals surface area contributed by atoms with Gasteiger partial charge >= 0.3 is 0 Å². The Hall–Kier alpha value is -1.19. The molecule has 0 atom stereocenters. The summed E-state index contributed by atoms with van der Waals surface area (Å²) in [4.78, 5) is 15.4. The average molecular weight is 165 g/mol. The van der Waals surface area contributed by atoms with Crippen molar-refractivity contribution < 1.29 is 4.79 Å². The molecule has 0 radical (unpaired) electrons. The monoisotopic (exact) mass is 165 g/mol. The van der Waals surface area contributed by atoms with Gasteiger partial charge in [-0.3, -0.25) is 4.79 Å². The lowest BCUT2D eigenvalue weighted by Crippen LogP contribution is -2.27. The third kappa shape index (κ3) is 0.873. The third-order valence-corrected chi connectivity index (χ3v) is 2.42. The molecule has 0 spiro atoms. The van der Waals surface area contributed by atoms with Crippen molar-refractivity contribution in [1.29, 1.82) is 0 Å². The molecule has 0 saturated heterocycles. The van der Waals surface area contributed by atoms with Gasteiger partial charge in [-0.15, -0.1) is 0 Å². The summed E-state index contributed by atoms with van der Waals surface area (Å²) in [6, 6.07) is 0. The molecule has 1 aliphatic carbocycles. The van der Waals surface area contributed by atoms with Gasteiger partial charge in [0.15, 0.2) is 5.78 Å². The molecule has 1 aromatic rings. The number of nitrogens with zero attached hydrogens (tertiary/aromatic N) is 3. The Labute approximate surface area is 70.6 Å². The van der Waals surface area contributed by atoms with Crippen molar-refractivity contribution in [2.75, 3.05) is 0 Å². The van der Waals surface area contributed by atoms with Crippen LogP contribution < -0.4 is 0 Å². The number of aromatic nitrogens is 3. The van der Waals surface area contributed by atoms with Crippen LogP contribution in [0.15, 0.2) is 12.7 Å². The Morgan fingerprint density at radius 1 is 1.67 bits per heavy atom. The molecule has 1 aromatic heterocycles. The number of Topliss-reactive ketones (excluding diaryl/α,β-unsaturated/α-hetero) is 1. The summed E-state index contributed by atoms with van der Waals surface area (Å²) in [6.07, 6.45) is 5.52. The second-order valence-electron chi connectivity index (χ2n) is 3.15. The maximum atomic E-state index is 11.5. The third-order valence-electron chi connectivity index (χ3n) is 2.42. The second kappa shape index (κ2) is 2.40. The smallest absolute Gasteiger partial charge is 0.160 e. The van der Waals surface area contributed by atoms with Gasteiger partial charge in [-0.1, -0.05) is 6.92 Å². The van der Waals surface area contributed by atoms with Gasteiger partial charge in [0.2, 0.25) is 0 Å². The van der Waals surface area contributed by atoms with E-state index in [1.807, 2.05) is 6.92 Å². The highest BCUT2D eigenvalue weighted by Gasteiger charge is 2.51. The molecule has 0 N–H and O–H groups in total. The highest BCUT2D eigenvalue weighted by molar-refractivity contribution is 5.88. The Balaban J connectivity index is 2.28. The van der Waals surface area contributed by atoms with E-state index in [4.69, 9.17) is 0 Å². The van der Waals surface area contributed by atoms with Crippen molar-refractivity contribution in [2.45, 2.75) is 31.7 Å². The van der Waals surface area contributed by atoms with Crippen LogP contribution in [0.1, 0.15) is 26.2 Å². The summed E-state index contributed by atoms with van der Waals surface area (Å²) in [6.45, 7) is 1.89. The molecule has 0 amide bonds. The van der Waals surface area contributed by atoms with Crippen molar-refractivity contribution in [1.82, 2.24) is 14.8 Å². The molecule has 0 aliphatic heterocycles. The van der Waals surface area contributed by atoms with Gasteiger partial charge in [0.1, 0.15) is 18.2 Å². The van der Waals surface area contributed by atoms with E-state index in [-0.39, 0.29) is 11.3 Å². The van der Waals surface area contributed by atoms with Crippen molar-refractivity contribution in [2.24, 2.45) is 0 Å². The number of hydrogen-bond donors (Lipinski definition) is 0. The molecule has 1 fully saturated rings. The molecule has 0 unspecified atom stereocenters. The largest absolute Gasteiger partial charge is 0.297 e. The minimum atomic E-state index is -0.314. The lowest BCUT2D eigenvalue weighted by atomic mass is 10.1. The number of hydrogen-bond acceptors (Lipinski definition) is 3. The van der Waals surface area contributed by atoms with Gasteiger partial charge in [-0.05, 0) is 12.8 Å². The van der Waals surface area contributed by atoms with Gasteiger partial charge in [0, 0.05) is 6.42 Å². The summed E-state index contributed by atoms with van der Waals surface area (Å²) in [5.74, 6) is 0.271. The minimum absolute atomic E-state index is 0.271. The van der Waals surface area contributed by atoms with Gasteiger partial charge in [-0.25, -0.2) is 9.67 Å². The van der Waals surface area contributed by atoms with E-state index < -0.39 is 0 Å². The van der Waals surface area contributed by atoms with Gasteiger partial charge in [0.05, 0.1) is 0 Å². The zero-order valence-electron chi connectivity index (χ0n) is 7.03. The van der Waals surface area contributed by atoms with E-state index in [1.165, 1.54) is 6.33 Å². The molecule has 64 valence electrons. The molecule has 1 saturated carbocycles. The van der Waals surface area contributed by atoms with Crippen LogP contribution in [0.2, 0.25) is 0 Å². The fourth-order valence-electron chi connectivity index (χ4n) is 1.51. The summed E-state index contributed by atoms with van der Waals surface area (Å²) < 4.78 is 1.69. The van der Waals surface area contributed by atoms with E-state index >= 15 is 0 Å². The second-order valence-corrected chi connectivity index (χ2v) is 3.15. The summed E-state index contributed by atoms with van der Waals surface area (Å²) in [5, 5.41) is 4.00. The van der Waals surface area contributed by atoms with Crippen LogP contribution in [0.5, 0.6) is 0 Å². The Kier molecular flexibility index (Phi) is 1.49. The normalized spacial score (nSPS) is 19.1. The molecule has 0 aromatic carbocycles. The van der Waals surface area contributed by atoms with Crippen molar-refractivity contribution in [3.63, 3.8) is 0 Å². The fraction of sp³-hybridized carbons (Fsp3) is 0.625. The van der Waals surface area contributed by atoms with Gasteiger partial charge in [0.25, 0.3) is 0 Å². The molecule has 4 heteroatoms. The molecular weight excluding hydrogens is 154 g/mol. The lowest BCUT2D eigenvalue weighted by Gasteiger charge is -2.11. The molecule has 1 aliphatic rings. The molecule has 2 rings (SSSR count). The molecule has 0 bridgehead atoms. The molecule has 4 nitrogen and oxygen atoms in total. The lowest BCUT2D eigenvalue weighted by molar-refractivity contribution is -0.123. The number of carbonyl (C=O) groups excluding carboxylic acids is 1. The summed E-state index contributed by atoms with van der Waals surface area (Å²) in [7, 11) is 0. The van der Waals surface area contributed by atoms with E-state index in [9.17, 15) is 4.79 Å². The van der Waals surface area contributed by atoms with Crippen LogP contribution in [-0.2, 0) is 10.3 Å². The standard InChI is InChI=1S/C8H11N3O/c1-2-7(12)8(3-4-8)11-6-9-5-10-11/h5-6H,2-4H2,1H3. The van der Waals surface area contributed by atoms with Gasteiger partial charge < -0.3 is 0 Å². The van der Waals surface area contributed by atoms with Crippen LogP contribution in [0.3, 0.4) is 0 Å².